The zero-order chi connectivity index (χ0) is 24.9. The fourth-order valence-corrected chi connectivity index (χ4v) is 4.11. The number of H-pyrrole nitrogens is 1. The number of hydrogen-bond acceptors (Lipinski definition) is 4. The molecule has 4 aromatic rings. The van der Waals surface area contributed by atoms with Crippen LogP contribution in [0.1, 0.15) is 27.0 Å². The van der Waals surface area contributed by atoms with E-state index in [0.717, 1.165) is 22.0 Å². The maximum Gasteiger partial charge on any atom is 0.257 e. The number of pyridine rings is 1. The molecule has 0 aliphatic carbocycles. The van der Waals surface area contributed by atoms with Crippen LogP contribution in [-0.2, 0) is 13.0 Å². The van der Waals surface area contributed by atoms with Gasteiger partial charge in [0.15, 0.2) is 11.5 Å². The lowest BCUT2D eigenvalue weighted by atomic mass is 10.1. The van der Waals surface area contributed by atoms with E-state index in [0.29, 0.717) is 23.5 Å². The van der Waals surface area contributed by atoms with Crippen molar-refractivity contribution < 1.29 is 18.7 Å². The predicted molar refractivity (Wildman–Crippen MR) is 134 cm³/mol. The first kappa shape index (κ1) is 24.0. The molecular weight excluding hydrogens is 447 g/mol. The second-order valence-corrected chi connectivity index (χ2v) is 8.31. The number of rotatable bonds is 8. The van der Waals surface area contributed by atoms with E-state index in [-0.39, 0.29) is 24.2 Å². The first-order chi connectivity index (χ1) is 16.9. The minimum Gasteiger partial charge on any atom is -0.493 e. The van der Waals surface area contributed by atoms with Crippen molar-refractivity contribution in [3.63, 3.8) is 0 Å². The second kappa shape index (κ2) is 10.4. The van der Waals surface area contributed by atoms with Crippen LogP contribution in [0.25, 0.3) is 10.9 Å². The van der Waals surface area contributed by atoms with E-state index in [2.05, 4.69) is 4.98 Å². The zero-order valence-corrected chi connectivity index (χ0v) is 19.9. The van der Waals surface area contributed by atoms with Gasteiger partial charge >= 0.3 is 0 Å². The van der Waals surface area contributed by atoms with Crippen LogP contribution in [0, 0.1) is 12.7 Å². The number of carbonyl (C=O) groups is 1. The Labute approximate surface area is 202 Å². The third kappa shape index (κ3) is 5.19. The van der Waals surface area contributed by atoms with Crippen molar-refractivity contribution in [1.29, 1.82) is 0 Å². The number of aromatic nitrogens is 1. The normalized spacial score (nSPS) is 10.9. The predicted octanol–water partition coefficient (Wildman–Crippen LogP) is 4.88. The summed E-state index contributed by atoms with van der Waals surface area (Å²) in [4.78, 5) is 30.7. The molecule has 0 spiro atoms. The summed E-state index contributed by atoms with van der Waals surface area (Å²) in [5.74, 6) is 0.107. The van der Waals surface area contributed by atoms with Crippen LogP contribution in [0.15, 0.2) is 71.5 Å². The summed E-state index contributed by atoms with van der Waals surface area (Å²) < 4.78 is 25.1. The number of aryl methyl sites for hydroxylation is 1. The molecule has 1 heterocycles. The minimum absolute atomic E-state index is 0.0344. The van der Waals surface area contributed by atoms with E-state index in [1.54, 1.807) is 32.4 Å². The fraction of sp³-hybridized carbons (Fsp3) is 0.214. The third-order valence-electron chi connectivity index (χ3n) is 6.04. The molecule has 0 unspecified atom stereocenters. The fourth-order valence-electron chi connectivity index (χ4n) is 4.11. The van der Waals surface area contributed by atoms with Gasteiger partial charge in [-0.3, -0.25) is 9.59 Å². The summed E-state index contributed by atoms with van der Waals surface area (Å²) in [6, 6.07) is 18.9. The lowest BCUT2D eigenvalue weighted by Gasteiger charge is -2.23. The van der Waals surface area contributed by atoms with Crippen LogP contribution in [0.2, 0.25) is 0 Å². The second-order valence-electron chi connectivity index (χ2n) is 8.31. The standard InChI is InChI=1S/C28H27FN2O4/c1-18-7-6-8-20-16-21(27(32)30-26(18)20)17-31(28(33)22-9-4-5-10-23(22)29)14-13-19-11-12-24(34-2)25(15-19)35-3/h4-12,15-16H,13-14,17H2,1-3H3,(H,30,32). The van der Waals surface area contributed by atoms with E-state index >= 15 is 0 Å². The van der Waals surface area contributed by atoms with Gasteiger partial charge in [0.2, 0.25) is 0 Å². The van der Waals surface area contributed by atoms with Gasteiger partial charge in [-0.1, -0.05) is 36.4 Å². The van der Waals surface area contributed by atoms with Crippen LogP contribution in [-0.4, -0.2) is 36.6 Å². The van der Waals surface area contributed by atoms with Gasteiger partial charge in [0, 0.05) is 12.1 Å². The van der Waals surface area contributed by atoms with Crippen molar-refractivity contribution in [3.8, 4) is 11.5 Å². The van der Waals surface area contributed by atoms with Crippen LogP contribution in [0.3, 0.4) is 0 Å². The Balaban J connectivity index is 1.66. The number of ether oxygens (including phenoxy) is 2. The van der Waals surface area contributed by atoms with Crippen LogP contribution < -0.4 is 15.0 Å². The number of nitrogens with one attached hydrogen (secondary N) is 1. The van der Waals surface area contributed by atoms with Gasteiger partial charge in [-0.2, -0.15) is 0 Å². The molecule has 0 saturated heterocycles. The first-order valence-electron chi connectivity index (χ1n) is 11.3. The largest absolute Gasteiger partial charge is 0.493 e. The van der Waals surface area contributed by atoms with Crippen LogP contribution >= 0.6 is 0 Å². The molecule has 0 fully saturated rings. The highest BCUT2D eigenvalue weighted by atomic mass is 19.1. The van der Waals surface area contributed by atoms with Crippen LogP contribution in [0.4, 0.5) is 4.39 Å². The zero-order valence-electron chi connectivity index (χ0n) is 19.9. The van der Waals surface area contributed by atoms with Crippen molar-refractivity contribution >= 4 is 16.8 Å². The summed E-state index contributed by atoms with van der Waals surface area (Å²) in [6.45, 7) is 2.24. The average Bonchev–Trinajstić information content (AvgIpc) is 2.87. The van der Waals surface area contributed by atoms with E-state index < -0.39 is 11.7 Å². The summed E-state index contributed by atoms with van der Waals surface area (Å²) in [5, 5.41) is 0.873. The molecule has 1 amide bonds. The molecule has 3 aromatic carbocycles. The molecule has 7 heteroatoms. The van der Waals surface area contributed by atoms with Crippen molar-refractivity contribution in [3.05, 3.63) is 105 Å². The summed E-state index contributed by atoms with van der Waals surface area (Å²) in [5.41, 5.74) is 2.76. The van der Waals surface area contributed by atoms with E-state index in [9.17, 15) is 14.0 Å². The highest BCUT2D eigenvalue weighted by molar-refractivity contribution is 5.94. The molecule has 1 N–H and O–H groups in total. The molecular formula is C28H27FN2O4. The number of fused-ring (bicyclic) bond motifs is 1. The van der Waals surface area contributed by atoms with E-state index in [4.69, 9.17) is 9.47 Å². The smallest absolute Gasteiger partial charge is 0.257 e. The Morgan fingerprint density at radius 2 is 1.74 bits per heavy atom. The molecule has 35 heavy (non-hydrogen) atoms. The third-order valence-corrected chi connectivity index (χ3v) is 6.04. The molecule has 0 aliphatic rings. The number of methoxy groups -OCH3 is 2. The maximum absolute atomic E-state index is 14.5. The molecule has 180 valence electrons. The Morgan fingerprint density at radius 1 is 0.971 bits per heavy atom. The number of nitrogens with zero attached hydrogens (tertiary/aromatic N) is 1. The Kier molecular flexibility index (Phi) is 7.15. The number of amides is 1. The molecule has 1 aromatic heterocycles. The molecule has 0 bridgehead atoms. The molecule has 6 nitrogen and oxygen atoms in total. The van der Waals surface area contributed by atoms with Crippen molar-refractivity contribution in [2.24, 2.45) is 0 Å². The summed E-state index contributed by atoms with van der Waals surface area (Å²) in [6.07, 6.45) is 0.477. The molecule has 0 aliphatic heterocycles. The van der Waals surface area contributed by atoms with Gasteiger partial charge in [0.1, 0.15) is 5.82 Å². The Bertz CT molecular complexity index is 1430. The quantitative estimate of drug-likeness (QED) is 0.395. The molecule has 4 rings (SSSR count). The van der Waals surface area contributed by atoms with Gasteiger partial charge in [0.05, 0.1) is 31.8 Å². The van der Waals surface area contributed by atoms with E-state index in [1.807, 2.05) is 37.3 Å². The Hall–Kier alpha value is -4.13. The number of para-hydroxylation sites is 1. The highest BCUT2D eigenvalue weighted by Gasteiger charge is 2.21. The minimum atomic E-state index is -0.600. The lowest BCUT2D eigenvalue weighted by molar-refractivity contribution is 0.0740. The number of halogens is 1. The van der Waals surface area contributed by atoms with Crippen molar-refractivity contribution in [1.82, 2.24) is 9.88 Å². The van der Waals surface area contributed by atoms with Gasteiger partial charge in [-0.05, 0) is 60.2 Å². The summed E-state index contributed by atoms with van der Waals surface area (Å²) >= 11 is 0. The monoisotopic (exact) mass is 474 g/mol. The van der Waals surface area contributed by atoms with Crippen molar-refractivity contribution in [2.75, 3.05) is 20.8 Å². The SMILES string of the molecule is COc1ccc(CCN(Cc2cc3cccc(C)c3[nH]c2=O)C(=O)c2ccccc2F)cc1OC. The Morgan fingerprint density at radius 3 is 2.49 bits per heavy atom. The average molecular weight is 475 g/mol. The molecule has 0 radical (unpaired) electrons. The van der Waals surface area contributed by atoms with Crippen LogP contribution in [0.5, 0.6) is 11.5 Å². The highest BCUT2D eigenvalue weighted by Crippen LogP contribution is 2.28. The van der Waals surface area contributed by atoms with Gasteiger partial charge < -0.3 is 19.4 Å². The van der Waals surface area contributed by atoms with Gasteiger partial charge in [-0.25, -0.2) is 4.39 Å². The maximum atomic E-state index is 14.5. The van der Waals surface area contributed by atoms with Crippen molar-refractivity contribution in [2.45, 2.75) is 19.9 Å². The first-order valence-corrected chi connectivity index (χ1v) is 11.3. The topological polar surface area (TPSA) is 71.6 Å². The number of aromatic amines is 1. The number of hydrogen-bond donors (Lipinski definition) is 1. The lowest BCUT2D eigenvalue weighted by Crippen LogP contribution is -2.35. The summed E-state index contributed by atoms with van der Waals surface area (Å²) in [7, 11) is 3.12. The number of carbonyl (C=O) groups excluding carboxylic acids is 1. The van der Waals surface area contributed by atoms with Gasteiger partial charge in [-0.15, -0.1) is 0 Å². The molecule has 0 atom stereocenters. The van der Waals surface area contributed by atoms with Gasteiger partial charge in [0.25, 0.3) is 11.5 Å². The van der Waals surface area contributed by atoms with E-state index in [1.165, 1.54) is 23.1 Å². The number of benzene rings is 3. The molecule has 0 saturated carbocycles.